The molecule has 2 aromatic rings. The third-order valence-corrected chi connectivity index (χ3v) is 5.56. The molecular weight excluding hydrogens is 354 g/mol. The van der Waals surface area contributed by atoms with E-state index in [4.69, 9.17) is 14.2 Å². The van der Waals surface area contributed by atoms with E-state index in [-0.39, 0.29) is 6.61 Å². The number of esters is 1. The van der Waals surface area contributed by atoms with Gasteiger partial charge in [-0.15, -0.1) is 11.3 Å². The van der Waals surface area contributed by atoms with Crippen LogP contribution < -0.4 is 14.8 Å². The lowest BCUT2D eigenvalue weighted by Gasteiger charge is -2.21. The quantitative estimate of drug-likeness (QED) is 0.823. The predicted molar refractivity (Wildman–Crippen MR) is 96.9 cm³/mol. The Bertz CT molecular complexity index is 853. The van der Waals surface area contributed by atoms with Crippen LogP contribution in [0.2, 0.25) is 0 Å². The van der Waals surface area contributed by atoms with Crippen molar-refractivity contribution in [2.45, 2.75) is 38.4 Å². The number of nitrogens with one attached hydrogen (secondary N) is 1. The van der Waals surface area contributed by atoms with Crippen LogP contribution in [0.5, 0.6) is 11.5 Å². The second-order valence-electron chi connectivity index (χ2n) is 6.54. The standard InChI is InChI=1S/C19H19NO5S/c1-12-6-9-26-17(12)18(22)23-11-16(21)20-13-4-5-14-15(10-13)25-19(24-14)7-2-3-8-19/h4-6,9-10H,2-3,7-8,11H2,1H3,(H,20,21). The molecule has 6 nitrogen and oxygen atoms in total. The summed E-state index contributed by atoms with van der Waals surface area (Å²) < 4.78 is 17.0. The number of ether oxygens (including phenoxy) is 3. The van der Waals surface area contributed by atoms with Gasteiger partial charge < -0.3 is 19.5 Å². The van der Waals surface area contributed by atoms with Crippen molar-refractivity contribution in [1.29, 1.82) is 0 Å². The van der Waals surface area contributed by atoms with E-state index in [2.05, 4.69) is 5.32 Å². The normalized spacial score (nSPS) is 16.7. The maximum atomic E-state index is 12.1. The Morgan fingerprint density at radius 1 is 1.19 bits per heavy atom. The molecular formula is C19H19NO5S. The van der Waals surface area contributed by atoms with E-state index in [1.165, 1.54) is 11.3 Å². The summed E-state index contributed by atoms with van der Waals surface area (Å²) in [7, 11) is 0. The number of hydrogen-bond donors (Lipinski definition) is 1. The molecule has 1 aliphatic heterocycles. The summed E-state index contributed by atoms with van der Waals surface area (Å²) in [6.07, 6.45) is 3.93. The number of amides is 1. The van der Waals surface area contributed by atoms with Gasteiger partial charge in [0.1, 0.15) is 4.88 Å². The monoisotopic (exact) mass is 373 g/mol. The number of hydrogen-bond acceptors (Lipinski definition) is 6. The number of thiophene rings is 1. The van der Waals surface area contributed by atoms with Crippen LogP contribution in [0.3, 0.4) is 0 Å². The lowest BCUT2D eigenvalue weighted by atomic mass is 10.2. The van der Waals surface area contributed by atoms with Gasteiger partial charge in [-0.25, -0.2) is 4.79 Å². The zero-order chi connectivity index (χ0) is 18.1. The van der Waals surface area contributed by atoms with Crippen molar-refractivity contribution in [1.82, 2.24) is 0 Å². The summed E-state index contributed by atoms with van der Waals surface area (Å²) >= 11 is 1.30. The van der Waals surface area contributed by atoms with Crippen molar-refractivity contribution in [3.63, 3.8) is 0 Å². The molecule has 2 heterocycles. The fourth-order valence-corrected chi connectivity index (χ4v) is 4.08. The molecule has 0 bridgehead atoms. The van der Waals surface area contributed by atoms with Crippen LogP contribution in [0.15, 0.2) is 29.6 Å². The number of fused-ring (bicyclic) bond motifs is 1. The molecule has 136 valence electrons. The number of anilines is 1. The Morgan fingerprint density at radius 2 is 1.96 bits per heavy atom. The maximum Gasteiger partial charge on any atom is 0.349 e. The van der Waals surface area contributed by atoms with E-state index < -0.39 is 17.7 Å². The largest absolute Gasteiger partial charge is 0.451 e. The molecule has 0 atom stereocenters. The van der Waals surface area contributed by atoms with Gasteiger partial charge in [0.15, 0.2) is 18.1 Å². The fourth-order valence-electron chi connectivity index (χ4n) is 3.26. The van der Waals surface area contributed by atoms with Crippen LogP contribution in [0.1, 0.15) is 40.9 Å². The highest BCUT2D eigenvalue weighted by molar-refractivity contribution is 7.12. The maximum absolute atomic E-state index is 12.1. The molecule has 1 aromatic heterocycles. The predicted octanol–water partition coefficient (Wildman–Crippen LogP) is 3.89. The number of carbonyl (C=O) groups excluding carboxylic acids is 2. The topological polar surface area (TPSA) is 73.9 Å². The molecule has 1 aromatic carbocycles. The molecule has 1 amide bonds. The van der Waals surface area contributed by atoms with Crippen LogP contribution in [0.4, 0.5) is 5.69 Å². The van der Waals surface area contributed by atoms with Gasteiger partial charge in [0.2, 0.25) is 0 Å². The zero-order valence-corrected chi connectivity index (χ0v) is 15.2. The summed E-state index contributed by atoms with van der Waals surface area (Å²) in [5.74, 6) is -0.0806. The van der Waals surface area contributed by atoms with Crippen molar-refractivity contribution in [2.75, 3.05) is 11.9 Å². The van der Waals surface area contributed by atoms with Crippen molar-refractivity contribution >= 4 is 28.9 Å². The summed E-state index contributed by atoms with van der Waals surface area (Å²) in [5.41, 5.74) is 1.42. The van der Waals surface area contributed by atoms with Gasteiger partial charge in [0, 0.05) is 24.6 Å². The van der Waals surface area contributed by atoms with Gasteiger partial charge >= 0.3 is 5.97 Å². The number of aryl methyl sites for hydroxylation is 1. The van der Waals surface area contributed by atoms with Gasteiger partial charge in [0.25, 0.3) is 11.7 Å². The van der Waals surface area contributed by atoms with Crippen LogP contribution in [0.25, 0.3) is 0 Å². The summed E-state index contributed by atoms with van der Waals surface area (Å²) in [6, 6.07) is 7.12. The first-order chi connectivity index (χ1) is 12.5. The lowest BCUT2D eigenvalue weighted by molar-refractivity contribution is -0.119. The van der Waals surface area contributed by atoms with Crippen molar-refractivity contribution in [3.05, 3.63) is 40.1 Å². The smallest absolute Gasteiger partial charge is 0.349 e. The molecule has 0 radical (unpaired) electrons. The van der Waals surface area contributed by atoms with E-state index in [0.29, 0.717) is 22.1 Å². The number of benzene rings is 1. The molecule has 1 fully saturated rings. The Morgan fingerprint density at radius 3 is 2.69 bits per heavy atom. The van der Waals surface area contributed by atoms with E-state index in [1.54, 1.807) is 18.2 Å². The fraction of sp³-hybridized carbons (Fsp3) is 0.368. The summed E-state index contributed by atoms with van der Waals surface area (Å²) in [6.45, 7) is 1.49. The van der Waals surface area contributed by atoms with Gasteiger partial charge in [-0.3, -0.25) is 4.79 Å². The van der Waals surface area contributed by atoms with Crippen LogP contribution in [-0.4, -0.2) is 24.3 Å². The average Bonchev–Trinajstić information content (AvgIpc) is 3.33. The minimum Gasteiger partial charge on any atom is -0.451 e. The van der Waals surface area contributed by atoms with Gasteiger partial charge in [-0.05, 0) is 48.9 Å². The zero-order valence-electron chi connectivity index (χ0n) is 14.4. The molecule has 0 unspecified atom stereocenters. The number of rotatable bonds is 4. The second-order valence-corrected chi connectivity index (χ2v) is 7.46. The van der Waals surface area contributed by atoms with Crippen molar-refractivity contribution < 1.29 is 23.8 Å². The molecule has 2 aliphatic rings. The Hall–Kier alpha value is -2.54. The average molecular weight is 373 g/mol. The SMILES string of the molecule is Cc1ccsc1C(=O)OCC(=O)Nc1ccc2c(c1)OC1(CCCC1)O2. The number of carbonyl (C=O) groups is 2. The molecule has 1 saturated carbocycles. The highest BCUT2D eigenvalue weighted by atomic mass is 32.1. The third kappa shape index (κ3) is 3.26. The van der Waals surface area contributed by atoms with E-state index in [9.17, 15) is 9.59 Å². The van der Waals surface area contributed by atoms with E-state index in [0.717, 1.165) is 31.2 Å². The minimum atomic E-state index is -0.529. The summed E-state index contributed by atoms with van der Waals surface area (Å²) in [4.78, 5) is 24.5. The Labute approximate surface area is 155 Å². The van der Waals surface area contributed by atoms with Crippen molar-refractivity contribution in [2.24, 2.45) is 0 Å². The second kappa shape index (κ2) is 6.64. The molecule has 7 heteroatoms. The Kier molecular flexibility index (Phi) is 4.32. The molecule has 1 N–H and O–H groups in total. The van der Waals surface area contributed by atoms with Crippen LogP contribution in [0, 0.1) is 6.92 Å². The third-order valence-electron chi connectivity index (χ3n) is 4.57. The highest BCUT2D eigenvalue weighted by Gasteiger charge is 2.44. The van der Waals surface area contributed by atoms with Gasteiger partial charge in [-0.2, -0.15) is 0 Å². The molecule has 0 saturated heterocycles. The first-order valence-electron chi connectivity index (χ1n) is 8.58. The van der Waals surface area contributed by atoms with Crippen molar-refractivity contribution in [3.8, 4) is 11.5 Å². The molecule has 1 spiro atoms. The lowest BCUT2D eigenvalue weighted by Crippen LogP contribution is -2.34. The summed E-state index contributed by atoms with van der Waals surface area (Å²) in [5, 5.41) is 4.53. The highest BCUT2D eigenvalue weighted by Crippen LogP contribution is 2.47. The van der Waals surface area contributed by atoms with E-state index >= 15 is 0 Å². The van der Waals surface area contributed by atoms with E-state index in [1.807, 2.05) is 18.4 Å². The first kappa shape index (κ1) is 16.9. The molecule has 26 heavy (non-hydrogen) atoms. The first-order valence-corrected chi connectivity index (χ1v) is 9.46. The van der Waals surface area contributed by atoms with Gasteiger partial charge in [0.05, 0.1) is 0 Å². The van der Waals surface area contributed by atoms with Gasteiger partial charge in [-0.1, -0.05) is 0 Å². The molecule has 4 rings (SSSR count). The Balaban J connectivity index is 1.34. The van der Waals surface area contributed by atoms with Crippen LogP contribution >= 0.6 is 11.3 Å². The molecule has 1 aliphatic carbocycles. The minimum absolute atomic E-state index is 0.339. The van der Waals surface area contributed by atoms with Crippen LogP contribution in [-0.2, 0) is 9.53 Å².